The number of carbonyl (C=O) groups excluding carboxylic acids is 1. The highest BCUT2D eigenvalue weighted by atomic mass is 16.4. The minimum absolute atomic E-state index is 0.0814. The summed E-state index contributed by atoms with van der Waals surface area (Å²) in [6.07, 6.45) is 4.17. The molecule has 0 aliphatic carbocycles. The molecule has 96 valence electrons. The van der Waals surface area contributed by atoms with E-state index in [9.17, 15) is 9.59 Å². The topological polar surface area (TPSA) is 92.4 Å². The van der Waals surface area contributed by atoms with Crippen molar-refractivity contribution in [1.29, 1.82) is 0 Å². The van der Waals surface area contributed by atoms with Gasteiger partial charge < -0.3 is 16.2 Å². The number of aromatic carboxylic acids is 1. The van der Waals surface area contributed by atoms with Crippen LogP contribution in [0, 0.1) is 0 Å². The number of rotatable bonds is 5. The standard InChI is InChI=1S/C13H16N2O3/c1-9(16)15-7-3-2-4-10-5-6-11(14)8-12(10)13(17)18/h2,4-6,8H,3,7,14H2,1H3,(H,15,16)(H,17,18). The first kappa shape index (κ1) is 13.8. The van der Waals surface area contributed by atoms with Crippen LogP contribution in [0.3, 0.4) is 0 Å². The molecular formula is C13H16N2O3. The Balaban J connectivity index is 2.69. The Labute approximate surface area is 105 Å². The summed E-state index contributed by atoms with van der Waals surface area (Å²) < 4.78 is 0. The molecule has 18 heavy (non-hydrogen) atoms. The van der Waals surface area contributed by atoms with Gasteiger partial charge in [-0.2, -0.15) is 0 Å². The fourth-order valence-electron chi connectivity index (χ4n) is 1.45. The van der Waals surface area contributed by atoms with Gasteiger partial charge in [-0.3, -0.25) is 4.79 Å². The van der Waals surface area contributed by atoms with Crippen LogP contribution in [0.5, 0.6) is 0 Å². The van der Waals surface area contributed by atoms with Gasteiger partial charge in [-0.1, -0.05) is 18.2 Å². The van der Waals surface area contributed by atoms with Crippen LogP contribution in [-0.2, 0) is 4.79 Å². The summed E-state index contributed by atoms with van der Waals surface area (Å²) in [5.74, 6) is -1.09. The minimum atomic E-state index is -1.01. The van der Waals surface area contributed by atoms with E-state index in [1.807, 2.05) is 6.08 Å². The average molecular weight is 248 g/mol. The van der Waals surface area contributed by atoms with E-state index in [0.717, 1.165) is 0 Å². The molecule has 0 saturated carbocycles. The third-order valence-electron chi connectivity index (χ3n) is 2.29. The molecule has 0 fully saturated rings. The van der Waals surface area contributed by atoms with Crippen molar-refractivity contribution in [1.82, 2.24) is 5.32 Å². The van der Waals surface area contributed by atoms with Crippen molar-refractivity contribution in [2.45, 2.75) is 13.3 Å². The second kappa shape index (κ2) is 6.44. The van der Waals surface area contributed by atoms with Gasteiger partial charge in [0.2, 0.25) is 5.91 Å². The van der Waals surface area contributed by atoms with Crippen molar-refractivity contribution in [2.75, 3.05) is 12.3 Å². The Morgan fingerprint density at radius 3 is 2.78 bits per heavy atom. The first-order chi connectivity index (χ1) is 8.50. The summed E-state index contributed by atoms with van der Waals surface area (Å²) in [7, 11) is 0. The number of carboxylic acids is 1. The van der Waals surface area contributed by atoms with Gasteiger partial charge in [0.05, 0.1) is 5.56 Å². The van der Waals surface area contributed by atoms with Crippen molar-refractivity contribution in [3.63, 3.8) is 0 Å². The molecule has 0 saturated heterocycles. The predicted molar refractivity (Wildman–Crippen MR) is 70.1 cm³/mol. The third kappa shape index (κ3) is 4.29. The van der Waals surface area contributed by atoms with Gasteiger partial charge in [0, 0.05) is 19.2 Å². The first-order valence-electron chi connectivity index (χ1n) is 5.54. The Kier molecular flexibility index (Phi) is 4.92. The van der Waals surface area contributed by atoms with Gasteiger partial charge in [0.1, 0.15) is 0 Å². The van der Waals surface area contributed by atoms with E-state index in [-0.39, 0.29) is 11.5 Å². The van der Waals surface area contributed by atoms with Gasteiger partial charge in [0.15, 0.2) is 0 Å². The molecule has 1 rings (SSSR count). The van der Waals surface area contributed by atoms with E-state index in [1.165, 1.54) is 13.0 Å². The highest BCUT2D eigenvalue weighted by Gasteiger charge is 2.07. The number of carbonyl (C=O) groups is 2. The molecule has 0 aliphatic rings. The number of nitrogens with two attached hydrogens (primary N) is 1. The van der Waals surface area contributed by atoms with E-state index in [2.05, 4.69) is 5.32 Å². The first-order valence-corrected chi connectivity index (χ1v) is 5.54. The monoisotopic (exact) mass is 248 g/mol. The van der Waals surface area contributed by atoms with Crippen LogP contribution >= 0.6 is 0 Å². The van der Waals surface area contributed by atoms with E-state index >= 15 is 0 Å². The largest absolute Gasteiger partial charge is 0.478 e. The van der Waals surface area contributed by atoms with Crippen LogP contribution in [-0.4, -0.2) is 23.5 Å². The Morgan fingerprint density at radius 2 is 2.17 bits per heavy atom. The maximum absolute atomic E-state index is 11.0. The van der Waals surface area contributed by atoms with Crippen molar-refractivity contribution in [3.05, 3.63) is 35.4 Å². The molecule has 1 amide bonds. The summed E-state index contributed by atoms with van der Waals surface area (Å²) >= 11 is 0. The molecule has 4 N–H and O–H groups in total. The fourth-order valence-corrected chi connectivity index (χ4v) is 1.45. The lowest BCUT2D eigenvalue weighted by atomic mass is 10.1. The van der Waals surface area contributed by atoms with E-state index in [1.54, 1.807) is 18.2 Å². The highest BCUT2D eigenvalue weighted by molar-refractivity contribution is 5.93. The fraction of sp³-hybridized carbons (Fsp3) is 0.231. The lowest BCUT2D eigenvalue weighted by molar-refractivity contribution is -0.118. The maximum atomic E-state index is 11.0. The number of amides is 1. The summed E-state index contributed by atoms with van der Waals surface area (Å²) in [6, 6.07) is 4.74. The number of carboxylic acid groups (broad SMARTS) is 1. The van der Waals surface area contributed by atoms with Gasteiger partial charge in [0.25, 0.3) is 0 Å². The van der Waals surface area contributed by atoms with Gasteiger partial charge in [-0.15, -0.1) is 0 Å². The molecule has 1 aromatic rings. The van der Waals surface area contributed by atoms with Crippen molar-refractivity contribution < 1.29 is 14.7 Å². The van der Waals surface area contributed by atoms with Gasteiger partial charge in [-0.05, 0) is 24.1 Å². The van der Waals surface area contributed by atoms with Gasteiger partial charge in [-0.25, -0.2) is 4.79 Å². The summed E-state index contributed by atoms with van der Waals surface area (Å²) in [5, 5.41) is 11.7. The average Bonchev–Trinajstić information content (AvgIpc) is 2.29. The molecule has 0 unspecified atom stereocenters. The molecular weight excluding hydrogens is 232 g/mol. The quantitative estimate of drug-likeness (QED) is 0.544. The van der Waals surface area contributed by atoms with Crippen LogP contribution < -0.4 is 11.1 Å². The molecule has 0 atom stereocenters. The summed E-state index contributed by atoms with van der Waals surface area (Å²) in [6.45, 7) is 1.98. The molecule has 1 aromatic carbocycles. The molecule has 0 aromatic heterocycles. The zero-order chi connectivity index (χ0) is 13.5. The summed E-state index contributed by atoms with van der Waals surface area (Å²) in [4.78, 5) is 21.6. The number of benzene rings is 1. The van der Waals surface area contributed by atoms with E-state index in [0.29, 0.717) is 24.2 Å². The SMILES string of the molecule is CC(=O)NCCC=Cc1ccc(N)cc1C(=O)O. The van der Waals surface area contributed by atoms with Crippen LogP contribution in [0.15, 0.2) is 24.3 Å². The molecule has 0 aliphatic heterocycles. The highest BCUT2D eigenvalue weighted by Crippen LogP contribution is 2.15. The van der Waals surface area contributed by atoms with Crippen LogP contribution in [0.1, 0.15) is 29.3 Å². The number of anilines is 1. The molecule has 0 spiro atoms. The Morgan fingerprint density at radius 1 is 1.44 bits per heavy atom. The Hall–Kier alpha value is -2.30. The molecule has 0 bridgehead atoms. The van der Waals surface area contributed by atoms with Crippen molar-refractivity contribution in [3.8, 4) is 0 Å². The Bertz CT molecular complexity index is 481. The molecule has 0 radical (unpaired) electrons. The predicted octanol–water partition coefficient (Wildman–Crippen LogP) is 1.51. The molecule has 5 nitrogen and oxygen atoms in total. The van der Waals surface area contributed by atoms with Crippen molar-refractivity contribution >= 4 is 23.6 Å². The van der Waals surface area contributed by atoms with Crippen LogP contribution in [0.4, 0.5) is 5.69 Å². The zero-order valence-electron chi connectivity index (χ0n) is 10.1. The lowest BCUT2D eigenvalue weighted by Crippen LogP contribution is -2.20. The zero-order valence-corrected chi connectivity index (χ0v) is 10.1. The van der Waals surface area contributed by atoms with Crippen molar-refractivity contribution in [2.24, 2.45) is 0 Å². The second-order valence-electron chi connectivity index (χ2n) is 3.83. The van der Waals surface area contributed by atoms with Gasteiger partial charge >= 0.3 is 5.97 Å². The smallest absolute Gasteiger partial charge is 0.336 e. The normalized spacial score (nSPS) is 10.5. The van der Waals surface area contributed by atoms with Crippen LogP contribution in [0.25, 0.3) is 6.08 Å². The third-order valence-corrected chi connectivity index (χ3v) is 2.29. The number of hydrogen-bond donors (Lipinski definition) is 3. The minimum Gasteiger partial charge on any atom is -0.478 e. The van der Waals surface area contributed by atoms with E-state index in [4.69, 9.17) is 10.8 Å². The number of nitrogens with one attached hydrogen (secondary N) is 1. The molecule has 5 heteroatoms. The van der Waals surface area contributed by atoms with Crippen LogP contribution in [0.2, 0.25) is 0 Å². The molecule has 0 heterocycles. The number of hydrogen-bond acceptors (Lipinski definition) is 3. The summed E-state index contributed by atoms with van der Waals surface area (Å²) in [5.41, 5.74) is 6.73. The second-order valence-corrected chi connectivity index (χ2v) is 3.83. The maximum Gasteiger partial charge on any atom is 0.336 e. The van der Waals surface area contributed by atoms with E-state index < -0.39 is 5.97 Å². The number of nitrogen functional groups attached to an aromatic ring is 1. The lowest BCUT2D eigenvalue weighted by Gasteiger charge is -2.02.